The molecule has 0 bridgehead atoms. The summed E-state index contributed by atoms with van der Waals surface area (Å²) in [6.45, 7) is 3.34. The largest absolute Gasteiger partial charge is 0.500 e. The molecule has 3 aromatic rings. The Hall–Kier alpha value is -2.83. The van der Waals surface area contributed by atoms with E-state index in [0.717, 1.165) is 21.4 Å². The van der Waals surface area contributed by atoms with E-state index in [-0.39, 0.29) is 6.61 Å². The van der Waals surface area contributed by atoms with Gasteiger partial charge in [-0.25, -0.2) is 9.88 Å². The standard InChI is InChI=1S/C25H30N3O8PS/c1-15(16(2)33-4)27-37(38,36-19-11-7-9-17-8-5-6-10-18(17)19)34-14-20-22(30)25(3,32)23(35-20)28-13-12-21(29)26-24(28)31/h5-13,15,20,22-23,30,32H,2,14H2,1,3-4H3,(H,27,38)(H,26,29,31)/t15?,20-,22?,23-,25?,37?/m1/s1. The first kappa shape index (κ1) is 28.2. The summed E-state index contributed by atoms with van der Waals surface area (Å²) in [4.78, 5) is 25.9. The molecule has 4 N–H and O–H groups in total. The highest BCUT2D eigenvalue weighted by atomic mass is 32.5. The van der Waals surface area contributed by atoms with Gasteiger partial charge in [-0.1, -0.05) is 43.0 Å². The summed E-state index contributed by atoms with van der Waals surface area (Å²) >= 11 is 5.84. The fourth-order valence-electron chi connectivity index (χ4n) is 4.14. The van der Waals surface area contributed by atoms with Crippen LogP contribution in [0.5, 0.6) is 5.75 Å². The zero-order valence-electron chi connectivity index (χ0n) is 21.1. The number of ether oxygens (including phenoxy) is 2. The maximum atomic E-state index is 12.3. The van der Waals surface area contributed by atoms with Crippen molar-refractivity contribution < 1.29 is 28.7 Å². The summed E-state index contributed by atoms with van der Waals surface area (Å²) in [6, 6.07) is 13.8. The second kappa shape index (κ2) is 11.1. The minimum absolute atomic E-state index is 0.285. The molecule has 0 radical (unpaired) electrons. The number of aliphatic hydroxyl groups excluding tert-OH is 1. The maximum absolute atomic E-state index is 12.3. The number of aromatic nitrogens is 2. The van der Waals surface area contributed by atoms with Crippen molar-refractivity contribution in [3.63, 3.8) is 0 Å². The second-order valence-electron chi connectivity index (χ2n) is 9.10. The van der Waals surface area contributed by atoms with Crippen LogP contribution in [0.3, 0.4) is 0 Å². The molecule has 0 saturated carbocycles. The molecule has 13 heteroatoms. The van der Waals surface area contributed by atoms with Crippen LogP contribution < -0.4 is 20.9 Å². The van der Waals surface area contributed by atoms with Gasteiger partial charge in [0, 0.05) is 17.6 Å². The lowest BCUT2D eigenvalue weighted by Gasteiger charge is -2.29. The molecular formula is C25H30N3O8PS. The maximum Gasteiger partial charge on any atom is 0.330 e. The van der Waals surface area contributed by atoms with Gasteiger partial charge in [0.05, 0.1) is 19.8 Å². The van der Waals surface area contributed by atoms with Crippen molar-refractivity contribution in [3.8, 4) is 5.75 Å². The van der Waals surface area contributed by atoms with Crippen molar-refractivity contribution in [2.45, 2.75) is 43.9 Å². The Kier molecular flexibility index (Phi) is 8.24. The average Bonchev–Trinajstić information content (AvgIpc) is 3.10. The summed E-state index contributed by atoms with van der Waals surface area (Å²) in [5, 5.41) is 26.8. The van der Waals surface area contributed by atoms with Crippen LogP contribution in [0.2, 0.25) is 0 Å². The first-order valence-corrected chi connectivity index (χ1v) is 14.4. The minimum Gasteiger partial charge on any atom is -0.500 e. The highest BCUT2D eigenvalue weighted by Crippen LogP contribution is 2.48. The van der Waals surface area contributed by atoms with Crippen molar-refractivity contribution >= 4 is 29.2 Å². The molecule has 2 heterocycles. The number of hydrogen-bond donors (Lipinski definition) is 4. The van der Waals surface area contributed by atoms with E-state index in [1.165, 1.54) is 20.2 Å². The number of methoxy groups -OCH3 is 1. The van der Waals surface area contributed by atoms with Crippen LogP contribution in [-0.4, -0.2) is 57.3 Å². The molecule has 0 amide bonds. The summed E-state index contributed by atoms with van der Waals surface area (Å²) in [5.74, 6) is 0.897. The number of aliphatic hydroxyl groups is 2. The van der Waals surface area contributed by atoms with Crippen LogP contribution in [0.4, 0.5) is 0 Å². The number of nitrogens with one attached hydrogen (secondary N) is 2. The molecule has 1 aliphatic heterocycles. The number of benzene rings is 2. The smallest absolute Gasteiger partial charge is 0.330 e. The molecule has 2 aromatic carbocycles. The average molecular weight is 564 g/mol. The van der Waals surface area contributed by atoms with Gasteiger partial charge in [0.2, 0.25) is 0 Å². The van der Waals surface area contributed by atoms with E-state index in [9.17, 15) is 19.8 Å². The highest BCUT2D eigenvalue weighted by Gasteiger charge is 2.53. The minimum atomic E-state index is -3.34. The van der Waals surface area contributed by atoms with Gasteiger partial charge in [0.1, 0.15) is 29.3 Å². The molecule has 1 aliphatic rings. The lowest BCUT2D eigenvalue weighted by Crippen LogP contribution is -2.47. The Morgan fingerprint density at radius 1 is 1.29 bits per heavy atom. The number of rotatable bonds is 10. The molecule has 204 valence electrons. The Bertz CT molecular complexity index is 1480. The normalized spacial score (nSPS) is 25.6. The van der Waals surface area contributed by atoms with Crippen LogP contribution >= 0.6 is 6.64 Å². The molecule has 11 nitrogen and oxygen atoms in total. The molecule has 1 aromatic heterocycles. The fourth-order valence-corrected chi connectivity index (χ4v) is 6.60. The van der Waals surface area contributed by atoms with Crippen LogP contribution in [0.1, 0.15) is 20.1 Å². The molecule has 6 atom stereocenters. The van der Waals surface area contributed by atoms with Crippen molar-refractivity contribution in [3.05, 3.63) is 87.9 Å². The predicted octanol–water partition coefficient (Wildman–Crippen LogP) is 2.16. The van der Waals surface area contributed by atoms with Crippen molar-refractivity contribution in [2.75, 3.05) is 13.7 Å². The summed E-state index contributed by atoms with van der Waals surface area (Å²) in [5.41, 5.74) is -3.29. The van der Waals surface area contributed by atoms with E-state index < -0.39 is 48.0 Å². The Morgan fingerprint density at radius 2 is 2.00 bits per heavy atom. The summed E-state index contributed by atoms with van der Waals surface area (Å²) in [7, 11) is 1.49. The number of aromatic amines is 1. The van der Waals surface area contributed by atoms with Gasteiger partial charge in [-0.05, 0) is 37.1 Å². The Labute approximate surface area is 223 Å². The van der Waals surface area contributed by atoms with Crippen molar-refractivity contribution in [1.29, 1.82) is 0 Å². The van der Waals surface area contributed by atoms with E-state index >= 15 is 0 Å². The van der Waals surface area contributed by atoms with Crippen LogP contribution in [0.25, 0.3) is 10.8 Å². The SMILES string of the molecule is C=C(OC)C(C)NP(=S)(OC[C@H]1O[C@@H](n2ccc(=O)[nH]c2=O)C(C)(O)C1O)Oc1cccc2ccccc12. The fraction of sp³-hybridized carbons (Fsp3) is 0.360. The zero-order valence-corrected chi connectivity index (χ0v) is 22.8. The Balaban J connectivity index is 1.60. The number of fused-ring (bicyclic) bond motifs is 1. The monoisotopic (exact) mass is 563 g/mol. The van der Waals surface area contributed by atoms with Gasteiger partial charge in [-0.2, -0.15) is 0 Å². The second-order valence-corrected chi connectivity index (χ2v) is 12.2. The Morgan fingerprint density at radius 3 is 2.71 bits per heavy atom. The topological polar surface area (TPSA) is 144 Å². The van der Waals surface area contributed by atoms with Gasteiger partial charge in [0.15, 0.2) is 6.23 Å². The van der Waals surface area contributed by atoms with E-state index in [4.69, 9.17) is 30.3 Å². The molecule has 1 fully saturated rings. The number of H-pyrrole nitrogens is 1. The quantitative estimate of drug-likeness (QED) is 0.214. The highest BCUT2D eigenvalue weighted by molar-refractivity contribution is 8.09. The van der Waals surface area contributed by atoms with Gasteiger partial charge in [-0.3, -0.25) is 14.3 Å². The van der Waals surface area contributed by atoms with Crippen LogP contribution in [0.15, 0.2) is 76.7 Å². The van der Waals surface area contributed by atoms with Crippen molar-refractivity contribution in [1.82, 2.24) is 14.6 Å². The molecule has 1 saturated heterocycles. The number of nitrogens with zero attached hydrogens (tertiary/aromatic N) is 1. The summed E-state index contributed by atoms with van der Waals surface area (Å²) in [6.07, 6.45) is -2.66. The molecule has 4 rings (SSSR count). The van der Waals surface area contributed by atoms with Crippen molar-refractivity contribution in [2.24, 2.45) is 0 Å². The molecule has 4 unspecified atom stereocenters. The third-order valence-corrected chi connectivity index (χ3v) is 8.82. The number of hydrogen-bond acceptors (Lipinski definition) is 9. The summed E-state index contributed by atoms with van der Waals surface area (Å²) < 4.78 is 24.4. The molecule has 38 heavy (non-hydrogen) atoms. The lowest BCUT2D eigenvalue weighted by atomic mass is 9.96. The predicted molar refractivity (Wildman–Crippen MR) is 145 cm³/mol. The van der Waals surface area contributed by atoms with Crippen LogP contribution in [0, 0.1) is 0 Å². The first-order chi connectivity index (χ1) is 17.9. The van der Waals surface area contributed by atoms with E-state index in [1.807, 2.05) is 36.4 Å². The molecular weight excluding hydrogens is 533 g/mol. The zero-order chi connectivity index (χ0) is 27.7. The van der Waals surface area contributed by atoms with E-state index in [0.29, 0.717) is 11.5 Å². The van der Waals surface area contributed by atoms with Gasteiger partial charge in [0.25, 0.3) is 5.56 Å². The third-order valence-electron chi connectivity index (χ3n) is 6.33. The molecule has 0 spiro atoms. The van der Waals surface area contributed by atoms with Gasteiger partial charge >= 0.3 is 12.3 Å². The van der Waals surface area contributed by atoms with Gasteiger partial charge in [-0.15, -0.1) is 0 Å². The first-order valence-electron chi connectivity index (χ1n) is 11.7. The van der Waals surface area contributed by atoms with E-state index in [1.54, 1.807) is 13.0 Å². The van der Waals surface area contributed by atoms with Gasteiger partial charge < -0.3 is 28.7 Å². The third kappa shape index (κ3) is 5.76. The lowest BCUT2D eigenvalue weighted by molar-refractivity contribution is -0.0984. The van der Waals surface area contributed by atoms with Crippen LogP contribution in [-0.2, 0) is 25.8 Å². The molecule has 0 aliphatic carbocycles. The van der Waals surface area contributed by atoms with E-state index in [2.05, 4.69) is 16.7 Å².